The molecule has 1 nitrogen and oxygen atoms in total. The normalized spacial score (nSPS) is 11.9. The molecule has 0 fully saturated rings. The molecule has 0 heterocycles. The molecule has 0 atom stereocenters. The van der Waals surface area contributed by atoms with Gasteiger partial charge in [0.05, 0.1) is 0 Å². The fourth-order valence-corrected chi connectivity index (χ4v) is 8.89. The first kappa shape index (κ1) is 20.5. The molecule has 3 aromatic carbocycles. The molecule has 0 saturated carbocycles. The molecule has 0 bridgehead atoms. The zero-order valence-corrected chi connectivity index (χ0v) is 17.6. The van der Waals surface area contributed by atoms with Crippen molar-refractivity contribution < 1.29 is 4.74 Å². The third-order valence-corrected chi connectivity index (χ3v) is 10.4. The van der Waals surface area contributed by atoms with E-state index < -0.39 is 7.26 Å². The summed E-state index contributed by atoms with van der Waals surface area (Å²) in [6.45, 7) is 5.36. The van der Waals surface area contributed by atoms with Crippen molar-refractivity contribution >= 4 is 23.2 Å². The molecule has 0 aliphatic carbocycles. The van der Waals surface area contributed by atoms with Crippen molar-refractivity contribution in [2.24, 2.45) is 0 Å². The molecule has 28 heavy (non-hydrogen) atoms. The number of rotatable bonds is 11. The van der Waals surface area contributed by atoms with Gasteiger partial charge in [-0.2, -0.15) is 0 Å². The second kappa shape index (κ2) is 11.0. The topological polar surface area (TPSA) is 9.23 Å². The first-order valence-corrected chi connectivity index (χ1v) is 12.4. The summed E-state index contributed by atoms with van der Waals surface area (Å²) in [5.41, 5.74) is 0. The minimum absolute atomic E-state index is 0.780. The second-order valence-electron chi connectivity index (χ2n) is 7.15. The zero-order valence-electron chi connectivity index (χ0n) is 16.6. The van der Waals surface area contributed by atoms with E-state index in [1.54, 1.807) is 0 Å². The van der Waals surface area contributed by atoms with Gasteiger partial charge in [-0.3, -0.25) is 0 Å². The van der Waals surface area contributed by atoms with Gasteiger partial charge in [0.1, 0.15) is 0 Å². The molecule has 0 unspecified atom stereocenters. The van der Waals surface area contributed by atoms with Gasteiger partial charge < -0.3 is 0 Å². The fourth-order valence-electron chi connectivity index (χ4n) is 3.96. The van der Waals surface area contributed by atoms with Gasteiger partial charge in [0.15, 0.2) is 0 Å². The van der Waals surface area contributed by atoms with E-state index in [2.05, 4.69) is 97.6 Å². The van der Waals surface area contributed by atoms with Crippen molar-refractivity contribution in [3.8, 4) is 0 Å². The molecule has 146 valence electrons. The van der Waals surface area contributed by atoms with E-state index >= 15 is 0 Å². The molecule has 0 saturated heterocycles. The Balaban J connectivity index is 1.92. The standard InChI is InChI=1S/C26H31OP/c1-2-3-21-27-22-13-14-23-28(24-15-7-4-8-16-24,25-17-9-5-10-18-25)26-19-11-6-12-20-26/h2,4-12,15-20,28H,1,3,13-14,21-23H2. The predicted molar refractivity (Wildman–Crippen MR) is 126 cm³/mol. The number of benzene rings is 3. The Bertz CT molecular complexity index is 718. The maximum absolute atomic E-state index is 5.75. The van der Waals surface area contributed by atoms with Crippen LogP contribution in [-0.4, -0.2) is 19.4 Å². The second-order valence-corrected chi connectivity index (χ2v) is 11.2. The number of ether oxygens (including phenoxy) is 1. The summed E-state index contributed by atoms with van der Waals surface area (Å²) in [5, 5.41) is 4.46. The average Bonchev–Trinajstić information content (AvgIpc) is 2.78. The van der Waals surface area contributed by atoms with Crippen LogP contribution in [0.2, 0.25) is 0 Å². The summed E-state index contributed by atoms with van der Waals surface area (Å²) in [7, 11) is -2.07. The Hall–Kier alpha value is -2.21. The van der Waals surface area contributed by atoms with Crippen molar-refractivity contribution in [3.63, 3.8) is 0 Å². The van der Waals surface area contributed by atoms with E-state index in [0.717, 1.165) is 26.1 Å². The van der Waals surface area contributed by atoms with Gasteiger partial charge >= 0.3 is 170 Å². The maximum atomic E-state index is 5.75. The number of hydrogen-bond donors (Lipinski definition) is 0. The van der Waals surface area contributed by atoms with E-state index in [0.29, 0.717) is 0 Å². The van der Waals surface area contributed by atoms with Crippen LogP contribution in [0.5, 0.6) is 0 Å². The number of hydrogen-bond acceptors (Lipinski definition) is 1. The molecule has 0 aromatic heterocycles. The molecule has 0 radical (unpaired) electrons. The van der Waals surface area contributed by atoms with Crippen LogP contribution >= 0.6 is 7.26 Å². The van der Waals surface area contributed by atoms with Crippen LogP contribution in [0.3, 0.4) is 0 Å². The Morgan fingerprint density at radius 2 is 1.11 bits per heavy atom. The van der Waals surface area contributed by atoms with Gasteiger partial charge in [-0.15, -0.1) is 0 Å². The molecular weight excluding hydrogens is 359 g/mol. The van der Waals surface area contributed by atoms with Crippen molar-refractivity contribution in [3.05, 3.63) is 104 Å². The molecular formula is C26H31OP. The van der Waals surface area contributed by atoms with Crippen LogP contribution < -0.4 is 15.9 Å². The van der Waals surface area contributed by atoms with E-state index in [9.17, 15) is 0 Å². The van der Waals surface area contributed by atoms with Gasteiger partial charge in [-0.1, -0.05) is 0 Å². The van der Waals surface area contributed by atoms with Crippen molar-refractivity contribution in [1.82, 2.24) is 0 Å². The van der Waals surface area contributed by atoms with E-state index in [4.69, 9.17) is 4.74 Å². The van der Waals surface area contributed by atoms with Gasteiger partial charge in [0, 0.05) is 0 Å². The van der Waals surface area contributed by atoms with Gasteiger partial charge in [-0.25, -0.2) is 0 Å². The van der Waals surface area contributed by atoms with Gasteiger partial charge in [-0.05, 0) is 0 Å². The van der Waals surface area contributed by atoms with Crippen LogP contribution in [0.15, 0.2) is 104 Å². The first-order chi connectivity index (χ1) is 13.9. The quantitative estimate of drug-likeness (QED) is 0.252. The third kappa shape index (κ3) is 4.98. The summed E-state index contributed by atoms with van der Waals surface area (Å²) in [4.78, 5) is 0. The summed E-state index contributed by atoms with van der Waals surface area (Å²) >= 11 is 0. The Morgan fingerprint density at radius 1 is 0.643 bits per heavy atom. The molecule has 3 aromatic rings. The van der Waals surface area contributed by atoms with E-state index in [-0.39, 0.29) is 0 Å². The van der Waals surface area contributed by atoms with Gasteiger partial charge in [0.2, 0.25) is 0 Å². The summed E-state index contributed by atoms with van der Waals surface area (Å²) in [5.74, 6) is 0. The van der Waals surface area contributed by atoms with Crippen LogP contribution in [0, 0.1) is 0 Å². The molecule has 0 amide bonds. The third-order valence-electron chi connectivity index (χ3n) is 5.36. The molecule has 0 spiro atoms. The molecule has 0 aliphatic rings. The first-order valence-electron chi connectivity index (χ1n) is 10.2. The van der Waals surface area contributed by atoms with Crippen LogP contribution in [-0.2, 0) is 4.74 Å². The number of unbranched alkanes of at least 4 members (excludes halogenated alkanes) is 1. The van der Waals surface area contributed by atoms with Crippen molar-refractivity contribution in [2.45, 2.75) is 19.3 Å². The predicted octanol–water partition coefficient (Wildman–Crippen LogP) is 5.09. The molecule has 0 aliphatic heterocycles. The van der Waals surface area contributed by atoms with Crippen molar-refractivity contribution in [1.29, 1.82) is 0 Å². The Kier molecular flexibility index (Phi) is 8.03. The Labute approximate surface area is 170 Å². The van der Waals surface area contributed by atoms with Gasteiger partial charge in [0.25, 0.3) is 0 Å². The van der Waals surface area contributed by atoms with E-state index in [1.165, 1.54) is 28.5 Å². The zero-order chi connectivity index (χ0) is 19.5. The van der Waals surface area contributed by atoms with E-state index in [1.807, 2.05) is 6.08 Å². The monoisotopic (exact) mass is 390 g/mol. The minimum atomic E-state index is -2.07. The fraction of sp³-hybridized carbons (Fsp3) is 0.231. The van der Waals surface area contributed by atoms with Crippen molar-refractivity contribution in [2.75, 3.05) is 19.4 Å². The summed E-state index contributed by atoms with van der Waals surface area (Å²) in [6, 6.07) is 33.4. The molecule has 0 N–H and O–H groups in total. The summed E-state index contributed by atoms with van der Waals surface area (Å²) in [6.07, 6.45) is 6.29. The van der Waals surface area contributed by atoms with Crippen LogP contribution in [0.4, 0.5) is 0 Å². The Morgan fingerprint density at radius 3 is 1.54 bits per heavy atom. The molecule has 2 heteroatoms. The molecule has 3 rings (SSSR count). The SMILES string of the molecule is C=CCCOCCCC[PH](c1ccccc1)(c1ccccc1)c1ccccc1. The average molecular weight is 391 g/mol. The van der Waals surface area contributed by atoms with Crippen LogP contribution in [0.1, 0.15) is 19.3 Å². The van der Waals surface area contributed by atoms with Crippen LogP contribution in [0.25, 0.3) is 0 Å². The summed E-state index contributed by atoms with van der Waals surface area (Å²) < 4.78 is 5.75.